The van der Waals surface area contributed by atoms with E-state index < -0.39 is 12.1 Å². The molecule has 1 saturated heterocycles. The molecule has 6 nitrogen and oxygen atoms in total. The maximum atomic E-state index is 12.6. The van der Waals surface area contributed by atoms with Crippen molar-refractivity contribution in [3.63, 3.8) is 0 Å². The summed E-state index contributed by atoms with van der Waals surface area (Å²) in [7, 11) is 1.34. The number of carbonyl (C=O) groups excluding carboxylic acids is 2. The maximum Gasteiger partial charge on any atom is 0.337 e. The van der Waals surface area contributed by atoms with Crippen molar-refractivity contribution >= 4 is 23.2 Å². The molecule has 0 spiro atoms. The molecule has 148 valence electrons. The topological polar surface area (TPSA) is 76.1 Å². The Balaban J connectivity index is 1.39. The minimum Gasteiger partial charge on any atom is -0.488 e. The predicted molar refractivity (Wildman–Crippen MR) is 105 cm³/mol. The van der Waals surface area contributed by atoms with Gasteiger partial charge in [-0.05, 0) is 60.4 Å². The minimum atomic E-state index is -0.572. The second-order valence-electron chi connectivity index (χ2n) is 7.45. The second-order valence-corrected chi connectivity index (χ2v) is 8.23. The highest BCUT2D eigenvalue weighted by Gasteiger charge is 2.44. The molecule has 1 N–H and O–H groups in total. The molecule has 1 aliphatic heterocycles. The SMILES string of the molecule is COC(=O)c1ccc(O[C@@H]2C[C@@H]3CN(C(=O)c4ccsc4)C[C@@H]3C[C@H]2O)cc1. The number of likely N-dealkylation sites (tertiary alicyclic amines) is 1. The molecule has 2 aliphatic rings. The summed E-state index contributed by atoms with van der Waals surface area (Å²) in [6.45, 7) is 1.39. The Hall–Kier alpha value is -2.38. The lowest BCUT2D eigenvalue weighted by Gasteiger charge is -2.35. The van der Waals surface area contributed by atoms with Gasteiger partial charge in [-0.3, -0.25) is 4.79 Å². The van der Waals surface area contributed by atoms with Crippen molar-refractivity contribution < 1.29 is 24.2 Å². The number of esters is 1. The quantitative estimate of drug-likeness (QED) is 0.798. The van der Waals surface area contributed by atoms with Crippen LogP contribution >= 0.6 is 11.3 Å². The average Bonchev–Trinajstić information content (AvgIpc) is 3.37. The lowest BCUT2D eigenvalue weighted by molar-refractivity contribution is -0.0231. The van der Waals surface area contributed by atoms with Gasteiger partial charge >= 0.3 is 5.97 Å². The Bertz CT molecular complexity index is 835. The van der Waals surface area contributed by atoms with E-state index in [2.05, 4.69) is 0 Å². The van der Waals surface area contributed by atoms with Gasteiger partial charge in [-0.2, -0.15) is 11.3 Å². The number of fused-ring (bicyclic) bond motifs is 1. The standard InChI is InChI=1S/C21H23NO5S/c1-26-21(25)13-2-4-17(5-3-13)27-19-9-16-11-22(10-15(16)8-18(19)23)20(24)14-6-7-28-12-14/h2-7,12,15-16,18-19,23H,8-11H2,1H3/t15-,16+,18+,19+/m0/s1. The molecular weight excluding hydrogens is 378 g/mol. The van der Waals surface area contributed by atoms with Crippen molar-refractivity contribution in [1.82, 2.24) is 4.90 Å². The average molecular weight is 401 g/mol. The Morgan fingerprint density at radius 1 is 1.07 bits per heavy atom. The Morgan fingerprint density at radius 2 is 1.79 bits per heavy atom. The van der Waals surface area contributed by atoms with Crippen LogP contribution in [0.5, 0.6) is 5.75 Å². The number of carbonyl (C=O) groups is 2. The Labute approximate surface area is 167 Å². The molecule has 2 heterocycles. The molecule has 0 unspecified atom stereocenters. The third-order valence-electron chi connectivity index (χ3n) is 5.70. The van der Waals surface area contributed by atoms with Crippen LogP contribution in [0.4, 0.5) is 0 Å². The molecule has 4 rings (SSSR count). The van der Waals surface area contributed by atoms with Crippen molar-refractivity contribution in [1.29, 1.82) is 0 Å². The zero-order chi connectivity index (χ0) is 19.7. The number of amides is 1. The Kier molecular flexibility index (Phi) is 5.37. The summed E-state index contributed by atoms with van der Waals surface area (Å²) in [5.41, 5.74) is 1.19. The number of hydrogen-bond donors (Lipinski definition) is 1. The third-order valence-corrected chi connectivity index (χ3v) is 6.39. The van der Waals surface area contributed by atoms with Crippen LogP contribution in [0.25, 0.3) is 0 Å². The summed E-state index contributed by atoms with van der Waals surface area (Å²) in [5, 5.41) is 14.4. The number of rotatable bonds is 4. The summed E-state index contributed by atoms with van der Waals surface area (Å²) in [6.07, 6.45) is 0.445. The molecule has 7 heteroatoms. The summed E-state index contributed by atoms with van der Waals surface area (Å²) in [5.74, 6) is 0.915. The van der Waals surface area contributed by atoms with Gasteiger partial charge in [0.15, 0.2) is 0 Å². The molecular formula is C21H23NO5S. The summed E-state index contributed by atoms with van der Waals surface area (Å²) >= 11 is 1.52. The number of thiophene rings is 1. The third kappa shape index (κ3) is 3.77. The van der Waals surface area contributed by atoms with E-state index in [1.165, 1.54) is 18.4 Å². The molecule has 1 aliphatic carbocycles. The Morgan fingerprint density at radius 3 is 2.43 bits per heavy atom. The van der Waals surface area contributed by atoms with Crippen molar-refractivity contribution in [3.05, 3.63) is 52.2 Å². The fraction of sp³-hybridized carbons (Fsp3) is 0.429. The number of ether oxygens (including phenoxy) is 2. The molecule has 2 aromatic rings. The predicted octanol–water partition coefficient (Wildman–Crippen LogP) is 2.83. The van der Waals surface area contributed by atoms with E-state index in [-0.39, 0.29) is 12.0 Å². The van der Waals surface area contributed by atoms with Crippen molar-refractivity contribution in [2.45, 2.75) is 25.0 Å². The molecule has 1 saturated carbocycles. The van der Waals surface area contributed by atoms with Crippen LogP contribution in [0.15, 0.2) is 41.1 Å². The summed E-state index contributed by atoms with van der Waals surface area (Å²) in [4.78, 5) is 26.0. The van der Waals surface area contributed by atoms with Gasteiger partial charge in [0, 0.05) is 18.5 Å². The smallest absolute Gasteiger partial charge is 0.337 e. The normalized spacial score (nSPS) is 26.6. The van der Waals surface area contributed by atoms with Crippen LogP contribution in [0, 0.1) is 11.8 Å². The molecule has 1 aromatic carbocycles. The molecule has 2 fully saturated rings. The molecule has 0 bridgehead atoms. The first kappa shape index (κ1) is 19.0. The number of aliphatic hydroxyl groups is 1. The van der Waals surface area contributed by atoms with Crippen LogP contribution in [0.3, 0.4) is 0 Å². The van der Waals surface area contributed by atoms with Gasteiger partial charge in [-0.15, -0.1) is 0 Å². The molecule has 1 aromatic heterocycles. The van der Waals surface area contributed by atoms with Crippen LogP contribution in [0.1, 0.15) is 33.6 Å². The van der Waals surface area contributed by atoms with Gasteiger partial charge in [0.1, 0.15) is 11.9 Å². The summed E-state index contributed by atoms with van der Waals surface area (Å²) < 4.78 is 10.7. The molecule has 0 radical (unpaired) electrons. The van der Waals surface area contributed by atoms with E-state index in [1.807, 2.05) is 21.7 Å². The van der Waals surface area contributed by atoms with E-state index in [1.54, 1.807) is 24.3 Å². The maximum absolute atomic E-state index is 12.6. The molecule has 4 atom stereocenters. The number of nitrogens with zero attached hydrogens (tertiary/aromatic N) is 1. The minimum absolute atomic E-state index is 0.0704. The van der Waals surface area contributed by atoms with Gasteiger partial charge in [0.2, 0.25) is 0 Å². The van der Waals surface area contributed by atoms with Gasteiger partial charge in [0.25, 0.3) is 5.91 Å². The van der Waals surface area contributed by atoms with Gasteiger partial charge in [-0.25, -0.2) is 4.79 Å². The highest BCUT2D eigenvalue weighted by molar-refractivity contribution is 7.08. The zero-order valence-corrected chi connectivity index (χ0v) is 16.4. The largest absolute Gasteiger partial charge is 0.488 e. The van der Waals surface area contributed by atoms with E-state index in [0.29, 0.717) is 49.1 Å². The van der Waals surface area contributed by atoms with Crippen molar-refractivity contribution in [2.24, 2.45) is 11.8 Å². The highest BCUT2D eigenvalue weighted by Crippen LogP contribution is 2.38. The van der Waals surface area contributed by atoms with Crippen LogP contribution < -0.4 is 4.74 Å². The lowest BCUT2D eigenvalue weighted by Crippen LogP contribution is -2.42. The van der Waals surface area contributed by atoms with E-state index >= 15 is 0 Å². The van der Waals surface area contributed by atoms with Crippen LogP contribution in [-0.4, -0.2) is 54.3 Å². The lowest BCUT2D eigenvalue weighted by atomic mass is 9.78. The van der Waals surface area contributed by atoms with E-state index in [0.717, 1.165) is 5.56 Å². The zero-order valence-electron chi connectivity index (χ0n) is 15.6. The first-order chi connectivity index (χ1) is 13.5. The monoisotopic (exact) mass is 401 g/mol. The second kappa shape index (κ2) is 7.93. The van der Waals surface area contributed by atoms with Crippen molar-refractivity contribution in [3.8, 4) is 5.75 Å². The number of aliphatic hydroxyl groups excluding tert-OH is 1. The molecule has 1 amide bonds. The number of methoxy groups -OCH3 is 1. The molecule has 28 heavy (non-hydrogen) atoms. The fourth-order valence-electron chi connectivity index (χ4n) is 4.21. The first-order valence-electron chi connectivity index (χ1n) is 9.39. The van der Waals surface area contributed by atoms with Gasteiger partial charge in [-0.1, -0.05) is 0 Å². The van der Waals surface area contributed by atoms with Crippen LogP contribution in [-0.2, 0) is 4.74 Å². The van der Waals surface area contributed by atoms with Gasteiger partial charge < -0.3 is 19.5 Å². The van der Waals surface area contributed by atoms with Crippen LogP contribution in [0.2, 0.25) is 0 Å². The summed E-state index contributed by atoms with van der Waals surface area (Å²) in [6, 6.07) is 8.58. The van der Waals surface area contributed by atoms with E-state index in [9.17, 15) is 14.7 Å². The fourth-order valence-corrected chi connectivity index (χ4v) is 4.84. The highest BCUT2D eigenvalue weighted by atomic mass is 32.1. The van der Waals surface area contributed by atoms with Crippen molar-refractivity contribution in [2.75, 3.05) is 20.2 Å². The van der Waals surface area contributed by atoms with Gasteiger partial charge in [0.05, 0.1) is 24.3 Å². The van der Waals surface area contributed by atoms with E-state index in [4.69, 9.17) is 9.47 Å². The number of benzene rings is 1. The number of hydrogen-bond acceptors (Lipinski definition) is 6. The first-order valence-corrected chi connectivity index (χ1v) is 10.3.